The molecule has 3 aromatic heterocycles. The number of pyridine rings is 1. The lowest BCUT2D eigenvalue weighted by Crippen LogP contribution is -2.52. The van der Waals surface area contributed by atoms with Gasteiger partial charge < -0.3 is 20.5 Å². The van der Waals surface area contributed by atoms with Crippen LogP contribution in [-0.2, 0) is 9.47 Å². The molecule has 43 heavy (non-hydrogen) atoms. The second-order valence-corrected chi connectivity index (χ2v) is 12.0. The van der Waals surface area contributed by atoms with Gasteiger partial charge in [-0.15, -0.1) is 0 Å². The monoisotopic (exact) mass is 605 g/mol. The first-order valence-corrected chi connectivity index (χ1v) is 15.1. The highest BCUT2D eigenvalue weighted by atomic mass is 35.5. The number of morpholine rings is 1. The van der Waals surface area contributed by atoms with E-state index in [-0.39, 0.29) is 33.8 Å². The van der Waals surface area contributed by atoms with E-state index in [0.717, 1.165) is 44.5 Å². The largest absolute Gasteiger partial charge is 0.382 e. The summed E-state index contributed by atoms with van der Waals surface area (Å²) >= 11 is 6.65. The molecule has 3 aliphatic rings. The number of nitrogens with zero attached hydrogens (tertiary/aromatic N) is 5. The summed E-state index contributed by atoms with van der Waals surface area (Å²) < 4.78 is 29.4. The first kappa shape index (κ1) is 28.1. The normalized spacial score (nSPS) is 21.7. The lowest BCUT2D eigenvalue weighted by atomic mass is 10.0. The van der Waals surface area contributed by atoms with Crippen LogP contribution in [0.15, 0.2) is 42.7 Å². The molecule has 1 aromatic carbocycles. The van der Waals surface area contributed by atoms with Gasteiger partial charge in [-0.2, -0.15) is 0 Å². The Morgan fingerprint density at radius 2 is 1.95 bits per heavy atom. The van der Waals surface area contributed by atoms with Crippen LogP contribution >= 0.6 is 11.6 Å². The van der Waals surface area contributed by atoms with Gasteiger partial charge in [-0.1, -0.05) is 11.6 Å². The summed E-state index contributed by atoms with van der Waals surface area (Å²) in [4.78, 5) is 28.8. The molecule has 1 saturated carbocycles. The number of nitrogens with one attached hydrogen (secondary N) is 1. The van der Waals surface area contributed by atoms with Crippen LogP contribution in [0.4, 0.5) is 16.0 Å². The van der Waals surface area contributed by atoms with Gasteiger partial charge in [0.25, 0.3) is 5.91 Å². The van der Waals surface area contributed by atoms with Crippen LogP contribution in [0, 0.1) is 5.82 Å². The van der Waals surface area contributed by atoms with Gasteiger partial charge in [0.15, 0.2) is 0 Å². The Hall–Kier alpha value is -3.64. The Kier molecular flexibility index (Phi) is 7.50. The SMILES string of the molecule is C[C@H]1CO[C@@H](c2nc(-c3ccc(C(=O)Nc4cc(C5CC5)ccn4)cc3F)c3c(N)ncc(Cl)n23)CN1C1CCOCC1. The predicted molar refractivity (Wildman–Crippen MR) is 161 cm³/mol. The van der Waals surface area contributed by atoms with Crippen LogP contribution in [0.1, 0.15) is 66.4 Å². The molecule has 2 atom stereocenters. The smallest absolute Gasteiger partial charge is 0.256 e. The maximum Gasteiger partial charge on any atom is 0.256 e. The molecule has 224 valence electrons. The highest BCUT2D eigenvalue weighted by Crippen LogP contribution is 2.40. The van der Waals surface area contributed by atoms with Crippen molar-refractivity contribution in [2.45, 2.75) is 56.7 Å². The van der Waals surface area contributed by atoms with Crippen LogP contribution < -0.4 is 11.1 Å². The number of nitrogens with two attached hydrogens (primary N) is 1. The summed E-state index contributed by atoms with van der Waals surface area (Å²) in [6.07, 6.45) is 6.89. The lowest BCUT2D eigenvalue weighted by Gasteiger charge is -2.43. The van der Waals surface area contributed by atoms with Crippen molar-refractivity contribution in [1.29, 1.82) is 0 Å². The van der Waals surface area contributed by atoms with E-state index in [0.29, 0.717) is 42.3 Å². The molecular weight excluding hydrogens is 573 g/mol. The van der Waals surface area contributed by atoms with Crippen molar-refractivity contribution in [2.24, 2.45) is 0 Å². The summed E-state index contributed by atoms with van der Waals surface area (Å²) in [5.41, 5.74) is 8.48. The molecule has 5 heterocycles. The Balaban J connectivity index is 1.20. The second kappa shape index (κ2) is 11.5. The molecule has 4 aromatic rings. The summed E-state index contributed by atoms with van der Waals surface area (Å²) in [5.74, 6) is 0.563. The number of nitrogen functional groups attached to an aromatic ring is 1. The van der Waals surface area contributed by atoms with Gasteiger partial charge in [0.2, 0.25) is 0 Å². The van der Waals surface area contributed by atoms with Gasteiger partial charge in [0.1, 0.15) is 45.7 Å². The number of hydrogen-bond donors (Lipinski definition) is 2. The van der Waals surface area contributed by atoms with E-state index in [4.69, 9.17) is 31.8 Å². The fraction of sp³-hybridized carbons (Fsp3) is 0.419. The van der Waals surface area contributed by atoms with Crippen LogP contribution in [0.25, 0.3) is 16.8 Å². The third kappa shape index (κ3) is 5.46. The van der Waals surface area contributed by atoms with Crippen molar-refractivity contribution in [1.82, 2.24) is 24.3 Å². The molecule has 0 radical (unpaired) electrons. The van der Waals surface area contributed by atoms with Gasteiger partial charge in [-0.3, -0.25) is 14.1 Å². The van der Waals surface area contributed by atoms with E-state index >= 15 is 4.39 Å². The van der Waals surface area contributed by atoms with Gasteiger partial charge in [0, 0.05) is 49.2 Å². The number of carbonyl (C=O) groups is 1. The summed E-state index contributed by atoms with van der Waals surface area (Å²) in [7, 11) is 0. The zero-order valence-corrected chi connectivity index (χ0v) is 24.6. The topological polar surface area (TPSA) is 120 Å². The third-order valence-corrected chi connectivity index (χ3v) is 8.93. The molecule has 0 unspecified atom stereocenters. The fourth-order valence-electron chi connectivity index (χ4n) is 6.22. The van der Waals surface area contributed by atoms with E-state index < -0.39 is 17.8 Å². The molecule has 2 aliphatic heterocycles. The molecule has 2 saturated heterocycles. The van der Waals surface area contributed by atoms with E-state index in [1.54, 1.807) is 16.7 Å². The van der Waals surface area contributed by atoms with E-state index in [2.05, 4.69) is 27.1 Å². The number of anilines is 2. The molecule has 10 nitrogen and oxygen atoms in total. The fourth-order valence-corrected chi connectivity index (χ4v) is 6.44. The quantitative estimate of drug-likeness (QED) is 0.306. The van der Waals surface area contributed by atoms with Gasteiger partial charge >= 0.3 is 0 Å². The van der Waals surface area contributed by atoms with Crippen LogP contribution in [0.5, 0.6) is 0 Å². The molecule has 0 spiro atoms. The Morgan fingerprint density at radius 3 is 2.72 bits per heavy atom. The Labute approximate surface area is 253 Å². The first-order chi connectivity index (χ1) is 20.9. The maximum absolute atomic E-state index is 15.8. The zero-order chi connectivity index (χ0) is 29.7. The van der Waals surface area contributed by atoms with Crippen molar-refractivity contribution >= 4 is 34.7 Å². The molecule has 12 heteroatoms. The predicted octanol–water partition coefficient (Wildman–Crippen LogP) is 5.24. The first-order valence-electron chi connectivity index (χ1n) is 14.7. The molecule has 1 aliphatic carbocycles. The van der Waals surface area contributed by atoms with E-state index in [9.17, 15) is 4.79 Å². The standard InChI is InChI=1S/C31H33ClFN7O3/c1-17-16-43-24(15-39(17)21-7-10-42-11-8-21)30-38-27(28-29(34)36-14-25(32)40(28)30)22-5-4-20(12-23(22)33)31(41)37-26-13-19(6-9-35-26)18-2-3-18/h4-6,9,12-14,17-18,21,24H,2-3,7-8,10-11,15-16H2,1H3,(H2,34,36)(H,35,37,41)/t17-,24+/m0/s1. The number of amides is 1. The van der Waals surface area contributed by atoms with Crippen molar-refractivity contribution in [3.05, 3.63) is 70.6 Å². The summed E-state index contributed by atoms with van der Waals surface area (Å²) in [6.45, 7) is 4.74. The molecular formula is C31H33ClFN7O3. The third-order valence-electron chi connectivity index (χ3n) is 8.66. The van der Waals surface area contributed by atoms with E-state index in [1.807, 2.05) is 12.1 Å². The minimum Gasteiger partial charge on any atom is -0.382 e. The highest BCUT2D eigenvalue weighted by molar-refractivity contribution is 6.30. The van der Waals surface area contributed by atoms with Gasteiger partial charge in [-0.25, -0.2) is 19.3 Å². The Bertz CT molecular complexity index is 1690. The molecule has 7 rings (SSSR count). The Morgan fingerprint density at radius 1 is 1.14 bits per heavy atom. The zero-order valence-electron chi connectivity index (χ0n) is 23.8. The van der Waals surface area contributed by atoms with Crippen molar-refractivity contribution in [2.75, 3.05) is 37.4 Å². The molecule has 0 bridgehead atoms. The van der Waals surface area contributed by atoms with Gasteiger partial charge in [-0.05, 0) is 74.4 Å². The number of halogens is 2. The lowest BCUT2D eigenvalue weighted by molar-refractivity contribution is -0.0942. The number of carbonyl (C=O) groups excluding carboxylic acids is 1. The molecule has 3 fully saturated rings. The molecule has 3 N–H and O–H groups in total. The number of aromatic nitrogens is 4. The number of rotatable bonds is 6. The molecule has 1 amide bonds. The van der Waals surface area contributed by atoms with Crippen molar-refractivity contribution in [3.63, 3.8) is 0 Å². The number of fused-ring (bicyclic) bond motifs is 1. The van der Waals surface area contributed by atoms with Crippen molar-refractivity contribution in [3.8, 4) is 11.3 Å². The second-order valence-electron chi connectivity index (χ2n) is 11.6. The van der Waals surface area contributed by atoms with Crippen LogP contribution in [0.3, 0.4) is 0 Å². The number of hydrogen-bond acceptors (Lipinski definition) is 8. The van der Waals surface area contributed by atoms with E-state index in [1.165, 1.54) is 18.3 Å². The van der Waals surface area contributed by atoms with Crippen molar-refractivity contribution < 1.29 is 18.7 Å². The van der Waals surface area contributed by atoms with Gasteiger partial charge in [0.05, 0.1) is 12.8 Å². The summed E-state index contributed by atoms with van der Waals surface area (Å²) in [5, 5.41) is 3.07. The maximum atomic E-state index is 15.8. The van der Waals surface area contributed by atoms with Crippen LogP contribution in [0.2, 0.25) is 5.15 Å². The highest BCUT2D eigenvalue weighted by Gasteiger charge is 2.36. The average molecular weight is 606 g/mol. The van der Waals surface area contributed by atoms with Crippen LogP contribution in [-0.4, -0.2) is 68.6 Å². The summed E-state index contributed by atoms with van der Waals surface area (Å²) in [6, 6.07) is 8.72. The number of ether oxygens (including phenoxy) is 2. The average Bonchev–Trinajstić information content (AvgIpc) is 3.80. The minimum absolute atomic E-state index is 0.157. The number of benzene rings is 1. The minimum atomic E-state index is -0.625. The number of imidazole rings is 1.